The maximum Gasteiger partial charge on any atom is 0.147 e. The van der Waals surface area contributed by atoms with Crippen molar-refractivity contribution >= 4 is 0 Å². The van der Waals surface area contributed by atoms with Crippen molar-refractivity contribution in [3.05, 3.63) is 97.1 Å². The van der Waals surface area contributed by atoms with Crippen LogP contribution in [0.5, 0.6) is 23.0 Å². The normalized spacial score (nSPS) is 13.5. The molecule has 0 bridgehead atoms. The summed E-state index contributed by atoms with van der Waals surface area (Å²) in [4.78, 5) is 0. The van der Waals surface area contributed by atoms with Gasteiger partial charge >= 0.3 is 0 Å². The Bertz CT molecular complexity index is 1540. The number of rotatable bonds is 17. The maximum absolute atomic E-state index is 6.91. The lowest BCUT2D eigenvalue weighted by Crippen LogP contribution is -2.58. The highest BCUT2D eigenvalue weighted by molar-refractivity contribution is 5.66. The van der Waals surface area contributed by atoms with Gasteiger partial charge in [-0.15, -0.1) is 0 Å². The summed E-state index contributed by atoms with van der Waals surface area (Å²) in [6.45, 7) is 21.6. The first-order valence-electron chi connectivity index (χ1n) is 18.0. The second-order valence-electron chi connectivity index (χ2n) is 14.1. The zero-order chi connectivity index (χ0) is 35.0. The van der Waals surface area contributed by atoms with Crippen molar-refractivity contribution in [2.75, 3.05) is 0 Å². The average Bonchev–Trinajstić information content (AvgIpc) is 3.11. The van der Waals surface area contributed by atoms with Crippen LogP contribution in [-0.4, -0.2) is 22.4 Å². The van der Waals surface area contributed by atoms with Crippen LogP contribution in [0.4, 0.5) is 0 Å². The molecule has 258 valence electrons. The minimum Gasteiger partial charge on any atom is -0.488 e. The first-order valence-corrected chi connectivity index (χ1v) is 18.0. The van der Waals surface area contributed by atoms with E-state index in [1.807, 2.05) is 12.1 Å². The molecule has 4 aromatic carbocycles. The molecule has 0 saturated carbocycles. The van der Waals surface area contributed by atoms with Crippen molar-refractivity contribution in [1.29, 1.82) is 0 Å². The molecule has 0 saturated heterocycles. The molecule has 0 aliphatic carbocycles. The fraction of sp³-hybridized carbons (Fsp3) is 0.455. The monoisotopic (exact) mass is 650 g/mol. The molecule has 0 heterocycles. The van der Waals surface area contributed by atoms with Gasteiger partial charge < -0.3 is 18.9 Å². The van der Waals surface area contributed by atoms with Gasteiger partial charge in [0.25, 0.3) is 0 Å². The second-order valence-corrected chi connectivity index (χ2v) is 14.1. The van der Waals surface area contributed by atoms with E-state index >= 15 is 0 Å². The maximum atomic E-state index is 6.91. The van der Waals surface area contributed by atoms with Crippen molar-refractivity contribution in [1.82, 2.24) is 0 Å². The molecule has 4 heteroatoms. The summed E-state index contributed by atoms with van der Waals surface area (Å²) in [5.41, 5.74) is 3.18. The van der Waals surface area contributed by atoms with E-state index in [0.29, 0.717) is 0 Å². The smallest absolute Gasteiger partial charge is 0.147 e. The van der Waals surface area contributed by atoms with Gasteiger partial charge in [-0.3, -0.25) is 0 Å². The Labute approximate surface area is 290 Å². The Morgan fingerprint density at radius 1 is 0.354 bits per heavy atom. The third-order valence-corrected chi connectivity index (χ3v) is 10.6. The van der Waals surface area contributed by atoms with Crippen molar-refractivity contribution in [3.8, 4) is 45.3 Å². The van der Waals surface area contributed by atoms with Crippen LogP contribution in [0, 0.1) is 0 Å². The van der Waals surface area contributed by atoms with Crippen LogP contribution in [0.25, 0.3) is 22.3 Å². The lowest BCUT2D eigenvalue weighted by atomic mass is 9.77. The van der Waals surface area contributed by atoms with E-state index in [9.17, 15) is 0 Å². The quantitative estimate of drug-likeness (QED) is 0.114. The van der Waals surface area contributed by atoms with E-state index in [4.69, 9.17) is 18.9 Å². The highest BCUT2D eigenvalue weighted by atomic mass is 16.6. The van der Waals surface area contributed by atoms with E-state index in [-0.39, 0.29) is 11.2 Å². The molecule has 4 rings (SSSR count). The summed E-state index contributed by atoms with van der Waals surface area (Å²) in [6, 6.07) is 33.5. The molecule has 0 aromatic heterocycles. The van der Waals surface area contributed by atoms with Gasteiger partial charge in [-0.25, -0.2) is 0 Å². The highest BCUT2D eigenvalue weighted by Gasteiger charge is 2.49. The van der Waals surface area contributed by atoms with Crippen LogP contribution < -0.4 is 18.9 Å². The van der Waals surface area contributed by atoms with Crippen molar-refractivity contribution < 1.29 is 18.9 Å². The lowest BCUT2D eigenvalue weighted by molar-refractivity contribution is -0.114. The molecular weight excluding hydrogens is 592 g/mol. The largest absolute Gasteiger partial charge is 0.488 e. The number of benzene rings is 4. The lowest BCUT2D eigenvalue weighted by Gasteiger charge is -2.47. The van der Waals surface area contributed by atoms with Crippen molar-refractivity contribution in [2.24, 2.45) is 0 Å². The van der Waals surface area contributed by atoms with Gasteiger partial charge in [0.2, 0.25) is 0 Å². The molecule has 0 amide bonds. The molecule has 0 radical (unpaired) electrons. The summed E-state index contributed by atoms with van der Waals surface area (Å²) in [5.74, 6) is 3.48. The van der Waals surface area contributed by atoms with E-state index in [1.165, 1.54) is 0 Å². The predicted molar refractivity (Wildman–Crippen MR) is 202 cm³/mol. The van der Waals surface area contributed by atoms with Crippen LogP contribution in [0.3, 0.4) is 0 Å². The molecule has 0 spiro atoms. The summed E-state index contributed by atoms with van der Waals surface area (Å²) in [5, 5.41) is 0. The van der Waals surface area contributed by atoms with E-state index < -0.39 is 11.2 Å². The van der Waals surface area contributed by atoms with Gasteiger partial charge in [-0.1, -0.05) is 90.1 Å². The van der Waals surface area contributed by atoms with Gasteiger partial charge in [0, 0.05) is 0 Å². The van der Waals surface area contributed by atoms with Gasteiger partial charge in [-0.05, 0) is 137 Å². The first-order chi connectivity index (χ1) is 22.9. The molecule has 0 N–H and O–H groups in total. The number of ether oxygens (including phenoxy) is 4. The minimum absolute atomic E-state index is 0.139. The molecule has 0 fully saturated rings. The Morgan fingerprint density at radius 2 is 0.688 bits per heavy atom. The van der Waals surface area contributed by atoms with Crippen LogP contribution in [-0.2, 0) is 0 Å². The van der Waals surface area contributed by atoms with Gasteiger partial charge in [0.05, 0.1) is 0 Å². The Balaban J connectivity index is 1.47. The highest BCUT2D eigenvalue weighted by Crippen LogP contribution is 2.41. The van der Waals surface area contributed by atoms with Crippen LogP contribution in [0.1, 0.15) is 108 Å². The predicted octanol–water partition coefficient (Wildman–Crippen LogP) is 12.7. The molecule has 0 aliphatic heterocycles. The van der Waals surface area contributed by atoms with Crippen LogP contribution >= 0.6 is 0 Å². The van der Waals surface area contributed by atoms with Crippen molar-refractivity contribution in [2.45, 2.75) is 130 Å². The second kappa shape index (κ2) is 15.5. The zero-order valence-electron chi connectivity index (χ0n) is 31.1. The molecule has 4 nitrogen and oxygen atoms in total. The molecule has 4 aromatic rings. The van der Waals surface area contributed by atoms with Gasteiger partial charge in [0.15, 0.2) is 0 Å². The Hall–Kier alpha value is -3.92. The van der Waals surface area contributed by atoms with Crippen LogP contribution in [0.15, 0.2) is 97.1 Å². The zero-order valence-corrected chi connectivity index (χ0v) is 31.1. The van der Waals surface area contributed by atoms with E-state index in [2.05, 4.69) is 154 Å². The molecular formula is C44H58O4. The summed E-state index contributed by atoms with van der Waals surface area (Å²) in [7, 11) is 0. The number of hydrogen-bond acceptors (Lipinski definition) is 4. The summed E-state index contributed by atoms with van der Waals surface area (Å²) < 4.78 is 26.2. The standard InChI is InChI=1S/C44H58O4/c1-11-41(7,8)45-37-25-17-33(18-26-37)35-21-29-39(30-22-35)47-43(10,14-4)44(15-5,16-6)48-40-31-23-36(24-32-40)34-19-27-38(28-20-34)46-42(9,12-2)13-3/h17-32H,11-16H2,1-10H3. The molecule has 48 heavy (non-hydrogen) atoms. The van der Waals surface area contributed by atoms with Crippen LogP contribution in [0.2, 0.25) is 0 Å². The Morgan fingerprint density at radius 3 is 1.00 bits per heavy atom. The van der Waals surface area contributed by atoms with E-state index in [1.54, 1.807) is 0 Å². The molecule has 0 aliphatic rings. The topological polar surface area (TPSA) is 36.9 Å². The van der Waals surface area contributed by atoms with Crippen molar-refractivity contribution in [3.63, 3.8) is 0 Å². The summed E-state index contributed by atoms with van der Waals surface area (Å²) >= 11 is 0. The van der Waals surface area contributed by atoms with Gasteiger partial charge in [-0.2, -0.15) is 0 Å². The third kappa shape index (κ3) is 8.56. The molecule has 1 unspecified atom stereocenters. The fourth-order valence-electron chi connectivity index (χ4n) is 6.15. The average molecular weight is 651 g/mol. The first kappa shape index (κ1) is 36.9. The third-order valence-electron chi connectivity index (χ3n) is 10.6. The number of hydrogen-bond donors (Lipinski definition) is 0. The van der Waals surface area contributed by atoms with E-state index in [0.717, 1.165) is 83.8 Å². The minimum atomic E-state index is -0.553. The SMILES string of the molecule is CCC(C)(C)Oc1ccc(-c2ccc(OC(C)(CC)C(CC)(CC)Oc3ccc(-c4ccc(OC(C)(CC)CC)cc4)cc3)cc2)cc1. The fourth-order valence-corrected chi connectivity index (χ4v) is 6.15. The van der Waals surface area contributed by atoms with Gasteiger partial charge in [0.1, 0.15) is 45.4 Å². The molecule has 1 atom stereocenters. The Kier molecular flexibility index (Phi) is 11.9. The summed E-state index contributed by atoms with van der Waals surface area (Å²) in [6.07, 6.45) is 5.32.